The van der Waals surface area contributed by atoms with Crippen molar-refractivity contribution in [1.82, 2.24) is 0 Å². The Morgan fingerprint density at radius 1 is 1.19 bits per heavy atom. The highest BCUT2D eigenvalue weighted by atomic mass is 35.5. The number of hydrogen-bond donors (Lipinski definition) is 1. The topological polar surface area (TPSA) is 38.3 Å². The summed E-state index contributed by atoms with van der Waals surface area (Å²) in [6.07, 6.45) is -4.63. The summed E-state index contributed by atoms with van der Waals surface area (Å²) < 4.78 is 59.4. The number of benzene rings is 2. The Bertz CT molecular complexity index is 888. The van der Waals surface area contributed by atoms with Crippen molar-refractivity contribution < 1.29 is 27.1 Å². The number of halogens is 6. The Hall–Kier alpha value is -1.99. The fourth-order valence-corrected chi connectivity index (χ4v) is 3.41. The third-order valence-corrected chi connectivity index (χ3v) is 4.90. The molecule has 1 aliphatic heterocycles. The van der Waals surface area contributed by atoms with Gasteiger partial charge in [0, 0.05) is 21.8 Å². The summed E-state index contributed by atoms with van der Waals surface area (Å²) in [5.74, 6) is -0.964. The smallest absolute Gasteiger partial charge is 0.416 e. The number of rotatable bonds is 3. The number of anilines is 1. The summed E-state index contributed by atoms with van der Waals surface area (Å²) in [5.41, 5.74) is -4.25. The Balaban J connectivity index is 2.12. The number of carbonyl (C=O) groups excluding carboxylic acids is 1. The first-order valence-electron chi connectivity index (χ1n) is 7.28. The van der Waals surface area contributed by atoms with Gasteiger partial charge in [0.2, 0.25) is 5.67 Å². The third-order valence-electron chi connectivity index (χ3n) is 4.13. The summed E-state index contributed by atoms with van der Waals surface area (Å²) in [5, 5.41) is 0.793. The normalized spacial score (nSPS) is 20.5. The van der Waals surface area contributed by atoms with E-state index in [1.165, 1.54) is 25.3 Å². The number of methoxy groups -OCH3 is 1. The molecule has 2 aromatic rings. The van der Waals surface area contributed by atoms with E-state index in [0.29, 0.717) is 12.1 Å². The average Bonchev–Trinajstić information content (AvgIpc) is 2.84. The largest absolute Gasteiger partial charge is 0.496 e. The van der Waals surface area contributed by atoms with E-state index in [9.17, 15) is 18.0 Å². The van der Waals surface area contributed by atoms with Gasteiger partial charge in [-0.2, -0.15) is 13.2 Å². The molecule has 26 heavy (non-hydrogen) atoms. The van der Waals surface area contributed by atoms with Gasteiger partial charge in [0.05, 0.1) is 12.7 Å². The van der Waals surface area contributed by atoms with Gasteiger partial charge in [0.15, 0.2) is 0 Å². The van der Waals surface area contributed by atoms with Crippen molar-refractivity contribution in [2.24, 2.45) is 0 Å². The van der Waals surface area contributed by atoms with Crippen molar-refractivity contribution >= 4 is 34.8 Å². The van der Waals surface area contributed by atoms with E-state index in [1.54, 1.807) is 0 Å². The third kappa shape index (κ3) is 2.89. The zero-order chi connectivity index (χ0) is 19.3. The standard InChI is InChI=1S/C17H11Cl2F4NO2/c1-26-13-5-3-9(18)7-10(13)14(19)16(20)11-4-2-8(17(21,22)23)6-12(11)24-15(16)25/h2-7,14H,1H3,(H,24,25)/t14-,16+/m0/s1. The fourth-order valence-electron chi connectivity index (χ4n) is 2.85. The zero-order valence-corrected chi connectivity index (χ0v) is 14.6. The minimum Gasteiger partial charge on any atom is -0.496 e. The molecule has 0 spiro atoms. The highest BCUT2D eigenvalue weighted by Crippen LogP contribution is 2.53. The number of carbonyl (C=O) groups is 1. The SMILES string of the molecule is COc1ccc(Cl)cc1[C@H](Cl)[C@@]1(F)C(=O)Nc2cc(C(F)(F)F)ccc21. The number of ether oxygens (including phenoxy) is 1. The highest BCUT2D eigenvalue weighted by Gasteiger charge is 2.54. The van der Waals surface area contributed by atoms with Crippen molar-refractivity contribution in [3.63, 3.8) is 0 Å². The molecule has 138 valence electrons. The maximum atomic E-state index is 15.7. The van der Waals surface area contributed by atoms with Gasteiger partial charge in [0.1, 0.15) is 11.1 Å². The zero-order valence-electron chi connectivity index (χ0n) is 13.1. The van der Waals surface area contributed by atoms with Crippen molar-refractivity contribution in [3.8, 4) is 5.75 Å². The van der Waals surface area contributed by atoms with Crippen LogP contribution >= 0.6 is 23.2 Å². The summed E-state index contributed by atoms with van der Waals surface area (Å²) >= 11 is 12.2. The van der Waals surface area contributed by atoms with E-state index in [1.807, 2.05) is 0 Å². The molecule has 2 atom stereocenters. The number of hydrogen-bond acceptors (Lipinski definition) is 2. The van der Waals surface area contributed by atoms with Crippen molar-refractivity contribution in [1.29, 1.82) is 0 Å². The lowest BCUT2D eigenvalue weighted by atomic mass is 9.88. The molecule has 1 aliphatic rings. The maximum absolute atomic E-state index is 15.7. The molecule has 0 saturated carbocycles. The molecule has 1 heterocycles. The molecule has 3 rings (SSSR count). The van der Waals surface area contributed by atoms with Gasteiger partial charge in [-0.25, -0.2) is 4.39 Å². The summed E-state index contributed by atoms with van der Waals surface area (Å²) in [6, 6.07) is 6.57. The predicted molar refractivity (Wildman–Crippen MR) is 89.5 cm³/mol. The number of amides is 1. The molecule has 9 heteroatoms. The van der Waals surface area contributed by atoms with E-state index < -0.39 is 28.7 Å². The molecular weight excluding hydrogens is 397 g/mol. The lowest BCUT2D eigenvalue weighted by Gasteiger charge is -2.25. The van der Waals surface area contributed by atoms with Crippen molar-refractivity contribution in [3.05, 3.63) is 58.1 Å². The van der Waals surface area contributed by atoms with Gasteiger partial charge >= 0.3 is 6.18 Å². The molecule has 0 aromatic heterocycles. The number of alkyl halides is 5. The van der Waals surface area contributed by atoms with Crippen LogP contribution in [0.4, 0.5) is 23.2 Å². The second-order valence-electron chi connectivity index (χ2n) is 5.67. The Morgan fingerprint density at radius 3 is 2.50 bits per heavy atom. The van der Waals surface area contributed by atoms with Gasteiger partial charge in [-0.05, 0) is 30.3 Å². The quantitative estimate of drug-likeness (QED) is 0.541. The molecule has 0 unspecified atom stereocenters. The molecule has 3 nitrogen and oxygen atoms in total. The van der Waals surface area contributed by atoms with E-state index in [-0.39, 0.29) is 27.6 Å². The van der Waals surface area contributed by atoms with Gasteiger partial charge in [-0.15, -0.1) is 11.6 Å². The molecule has 2 aromatic carbocycles. The van der Waals surface area contributed by atoms with Crippen LogP contribution in [0.1, 0.15) is 22.1 Å². The Morgan fingerprint density at radius 2 is 1.88 bits per heavy atom. The van der Waals surface area contributed by atoms with E-state index >= 15 is 4.39 Å². The van der Waals surface area contributed by atoms with E-state index in [0.717, 1.165) is 6.07 Å². The van der Waals surface area contributed by atoms with Crippen molar-refractivity contribution in [2.45, 2.75) is 17.2 Å². The fraction of sp³-hybridized carbons (Fsp3) is 0.235. The van der Waals surface area contributed by atoms with Gasteiger partial charge in [-0.3, -0.25) is 4.79 Å². The molecule has 1 amide bonds. The average molecular weight is 408 g/mol. The number of nitrogens with one attached hydrogen (secondary N) is 1. The molecule has 0 bridgehead atoms. The lowest BCUT2D eigenvalue weighted by Crippen LogP contribution is -2.34. The minimum atomic E-state index is -4.63. The second-order valence-corrected chi connectivity index (χ2v) is 6.55. The minimum absolute atomic E-state index is 0.104. The number of fused-ring (bicyclic) bond motifs is 1. The van der Waals surface area contributed by atoms with Crippen molar-refractivity contribution in [2.75, 3.05) is 12.4 Å². The summed E-state index contributed by atoms with van der Waals surface area (Å²) in [6.45, 7) is 0. The van der Waals surface area contributed by atoms with Crippen LogP contribution in [-0.4, -0.2) is 13.0 Å². The van der Waals surface area contributed by atoms with Gasteiger partial charge in [0.25, 0.3) is 5.91 Å². The Labute approximate surface area is 155 Å². The predicted octanol–water partition coefficient (Wildman–Crippen LogP) is 5.46. The first-order chi connectivity index (χ1) is 12.1. The van der Waals surface area contributed by atoms with Crippen LogP contribution in [0.15, 0.2) is 36.4 Å². The van der Waals surface area contributed by atoms with Gasteiger partial charge in [-0.1, -0.05) is 17.7 Å². The van der Waals surface area contributed by atoms with E-state index in [4.69, 9.17) is 27.9 Å². The molecule has 0 radical (unpaired) electrons. The van der Waals surface area contributed by atoms with E-state index in [2.05, 4.69) is 5.32 Å². The van der Waals surface area contributed by atoms with Crippen LogP contribution in [0.25, 0.3) is 0 Å². The van der Waals surface area contributed by atoms with Crippen LogP contribution in [0.3, 0.4) is 0 Å². The molecule has 1 N–H and O–H groups in total. The molecule has 0 fully saturated rings. The monoisotopic (exact) mass is 407 g/mol. The van der Waals surface area contributed by atoms with Gasteiger partial charge < -0.3 is 10.1 Å². The first kappa shape index (κ1) is 18.8. The maximum Gasteiger partial charge on any atom is 0.416 e. The van der Waals surface area contributed by atoms with Crippen LogP contribution in [0.5, 0.6) is 5.75 Å². The van der Waals surface area contributed by atoms with Crippen LogP contribution in [0.2, 0.25) is 5.02 Å². The first-order valence-corrected chi connectivity index (χ1v) is 8.10. The summed E-state index contributed by atoms with van der Waals surface area (Å²) in [7, 11) is 1.33. The van der Waals surface area contributed by atoms with Crippen LogP contribution in [0, 0.1) is 0 Å². The second kappa shape index (κ2) is 6.32. The summed E-state index contributed by atoms with van der Waals surface area (Å²) in [4.78, 5) is 12.3. The van der Waals surface area contributed by atoms with Crippen LogP contribution in [-0.2, 0) is 16.6 Å². The lowest BCUT2D eigenvalue weighted by molar-refractivity contribution is -0.137. The molecular formula is C17H11Cl2F4NO2. The molecule has 0 saturated heterocycles. The Kier molecular flexibility index (Phi) is 4.56. The molecule has 0 aliphatic carbocycles. The highest BCUT2D eigenvalue weighted by molar-refractivity contribution is 6.31. The van der Waals surface area contributed by atoms with Crippen LogP contribution < -0.4 is 10.1 Å².